The summed E-state index contributed by atoms with van der Waals surface area (Å²) in [6, 6.07) is 6.23. The first-order valence-electron chi connectivity index (χ1n) is 11.3. The molecular formula is C25H26F3N3O5. The highest BCUT2D eigenvalue weighted by atomic mass is 19.4. The number of carbonyl (C=O) groups excluding carboxylic acids is 2. The maximum atomic E-state index is 13.0. The molecule has 36 heavy (non-hydrogen) atoms. The third kappa shape index (κ3) is 4.97. The van der Waals surface area contributed by atoms with Crippen molar-refractivity contribution in [3.8, 4) is 11.5 Å². The van der Waals surface area contributed by atoms with Crippen molar-refractivity contribution in [3.05, 3.63) is 58.3 Å². The molecule has 2 amide bonds. The molecule has 1 saturated heterocycles. The predicted octanol–water partition coefficient (Wildman–Crippen LogP) is 3.97. The van der Waals surface area contributed by atoms with Gasteiger partial charge in [0.2, 0.25) is 0 Å². The Balaban J connectivity index is 1.42. The van der Waals surface area contributed by atoms with Crippen molar-refractivity contribution in [1.82, 2.24) is 10.2 Å². The summed E-state index contributed by atoms with van der Waals surface area (Å²) in [4.78, 5) is 27.0. The second-order valence-corrected chi connectivity index (χ2v) is 8.82. The number of ether oxygens (including phenoxy) is 1. The number of aryl methyl sites for hydroxylation is 1. The molecule has 0 atom stereocenters. The molecule has 1 aliphatic rings. The minimum Gasteiger partial charge on any atom is -0.507 e. The second-order valence-electron chi connectivity index (χ2n) is 8.82. The van der Waals surface area contributed by atoms with Crippen LogP contribution in [0.4, 0.5) is 13.2 Å². The maximum Gasteiger partial charge on any atom is 0.416 e. The fourth-order valence-corrected chi connectivity index (χ4v) is 4.53. The van der Waals surface area contributed by atoms with Crippen LogP contribution in [0.1, 0.15) is 50.4 Å². The van der Waals surface area contributed by atoms with E-state index >= 15 is 0 Å². The Labute approximate surface area is 204 Å². The lowest BCUT2D eigenvalue weighted by Crippen LogP contribution is -2.44. The fourth-order valence-electron chi connectivity index (χ4n) is 4.53. The zero-order chi connectivity index (χ0) is 26.2. The Hall–Kier alpha value is -3.73. The number of nitrogens with zero attached hydrogens (tertiary/aromatic N) is 1. The molecule has 8 nitrogen and oxygen atoms in total. The van der Waals surface area contributed by atoms with Gasteiger partial charge in [-0.05, 0) is 37.5 Å². The van der Waals surface area contributed by atoms with Crippen LogP contribution in [0.25, 0.3) is 11.0 Å². The topological polar surface area (TPSA) is 118 Å². The molecule has 0 bridgehead atoms. The van der Waals surface area contributed by atoms with Crippen LogP contribution in [0.2, 0.25) is 0 Å². The van der Waals surface area contributed by atoms with Gasteiger partial charge in [-0.15, -0.1) is 0 Å². The molecule has 1 fully saturated rings. The van der Waals surface area contributed by atoms with Crippen LogP contribution in [-0.4, -0.2) is 48.1 Å². The smallest absolute Gasteiger partial charge is 0.416 e. The number of piperidine rings is 1. The number of carbonyl (C=O) groups is 2. The van der Waals surface area contributed by atoms with Crippen LogP contribution in [0.3, 0.4) is 0 Å². The highest BCUT2D eigenvalue weighted by Gasteiger charge is 2.31. The number of aromatic hydroxyl groups is 1. The van der Waals surface area contributed by atoms with Crippen LogP contribution in [0.15, 0.2) is 34.7 Å². The Morgan fingerprint density at radius 2 is 1.86 bits per heavy atom. The first-order valence-corrected chi connectivity index (χ1v) is 11.3. The van der Waals surface area contributed by atoms with Gasteiger partial charge in [0.05, 0.1) is 18.1 Å². The lowest BCUT2D eigenvalue weighted by Gasteiger charge is -2.32. The molecule has 2 aromatic carbocycles. The zero-order valence-corrected chi connectivity index (χ0v) is 19.7. The molecule has 0 saturated carbocycles. The highest BCUT2D eigenvalue weighted by Crippen LogP contribution is 2.40. The summed E-state index contributed by atoms with van der Waals surface area (Å²) in [5.41, 5.74) is 5.70. The summed E-state index contributed by atoms with van der Waals surface area (Å²) in [6.07, 6.45) is -3.08. The molecule has 0 spiro atoms. The quantitative estimate of drug-likeness (QED) is 0.467. The number of alkyl halides is 3. The van der Waals surface area contributed by atoms with Gasteiger partial charge in [-0.3, -0.25) is 14.5 Å². The molecule has 0 aliphatic carbocycles. The molecule has 1 aliphatic heterocycles. The van der Waals surface area contributed by atoms with Gasteiger partial charge >= 0.3 is 6.18 Å². The number of hydrogen-bond acceptors (Lipinski definition) is 6. The van der Waals surface area contributed by atoms with E-state index in [1.807, 2.05) is 0 Å². The van der Waals surface area contributed by atoms with Crippen LogP contribution in [-0.2, 0) is 12.7 Å². The molecule has 192 valence electrons. The summed E-state index contributed by atoms with van der Waals surface area (Å²) < 4.78 is 49.3. The number of nitrogens with two attached hydrogens (primary N) is 1. The van der Waals surface area contributed by atoms with Gasteiger partial charge in [-0.2, -0.15) is 13.2 Å². The first-order chi connectivity index (χ1) is 17.0. The molecule has 3 aromatic rings. The molecule has 1 aromatic heterocycles. The lowest BCUT2D eigenvalue weighted by molar-refractivity contribution is -0.137. The monoisotopic (exact) mass is 505 g/mol. The minimum atomic E-state index is -4.36. The predicted molar refractivity (Wildman–Crippen MR) is 125 cm³/mol. The van der Waals surface area contributed by atoms with Crippen LogP contribution in [0, 0.1) is 6.92 Å². The largest absolute Gasteiger partial charge is 0.507 e. The van der Waals surface area contributed by atoms with Crippen molar-refractivity contribution < 1.29 is 37.0 Å². The molecule has 4 rings (SSSR count). The number of nitrogens with one attached hydrogen (secondary N) is 1. The van der Waals surface area contributed by atoms with Gasteiger partial charge in [0.15, 0.2) is 11.3 Å². The van der Waals surface area contributed by atoms with Crippen LogP contribution in [0.5, 0.6) is 11.5 Å². The summed E-state index contributed by atoms with van der Waals surface area (Å²) >= 11 is 0. The maximum absolute atomic E-state index is 13.0. The number of rotatable bonds is 6. The summed E-state index contributed by atoms with van der Waals surface area (Å²) in [7, 11) is 1.39. The molecule has 4 N–H and O–H groups in total. The zero-order valence-electron chi connectivity index (χ0n) is 19.7. The van der Waals surface area contributed by atoms with Gasteiger partial charge < -0.3 is 25.3 Å². The van der Waals surface area contributed by atoms with Gasteiger partial charge in [0.25, 0.3) is 11.8 Å². The van der Waals surface area contributed by atoms with E-state index in [0.29, 0.717) is 43.4 Å². The van der Waals surface area contributed by atoms with E-state index in [1.165, 1.54) is 25.3 Å². The number of amides is 2. The average Bonchev–Trinajstić information content (AvgIpc) is 3.16. The van der Waals surface area contributed by atoms with Crippen molar-refractivity contribution in [2.24, 2.45) is 5.73 Å². The van der Waals surface area contributed by atoms with Gasteiger partial charge in [0, 0.05) is 37.3 Å². The number of phenols is 1. The van der Waals surface area contributed by atoms with E-state index < -0.39 is 29.3 Å². The number of fused-ring (bicyclic) bond motifs is 1. The number of halogens is 3. The number of likely N-dealkylation sites (tertiary alicyclic amines) is 1. The van der Waals surface area contributed by atoms with Crippen molar-refractivity contribution in [2.45, 2.75) is 38.5 Å². The molecule has 2 heterocycles. The van der Waals surface area contributed by atoms with E-state index in [4.69, 9.17) is 14.9 Å². The Bertz CT molecular complexity index is 1290. The van der Waals surface area contributed by atoms with Crippen LogP contribution < -0.4 is 15.8 Å². The number of furan rings is 1. The normalized spacial score (nSPS) is 15.2. The third-order valence-corrected chi connectivity index (χ3v) is 6.43. The molecular weight excluding hydrogens is 479 g/mol. The van der Waals surface area contributed by atoms with Crippen LogP contribution >= 0.6 is 0 Å². The number of hydrogen-bond donors (Lipinski definition) is 3. The van der Waals surface area contributed by atoms with Crippen molar-refractivity contribution in [1.29, 1.82) is 0 Å². The average molecular weight is 505 g/mol. The minimum absolute atomic E-state index is 0.0106. The summed E-state index contributed by atoms with van der Waals surface area (Å²) in [5.74, 6) is -1.55. The molecule has 0 unspecified atom stereocenters. The SMILES string of the molecule is COc1cc(O)c(C(N)=O)c2oc(C(=O)NC3CCN(Cc4ccc(C(F)(F)F)cc4)CC3)c(C)c12. The fraction of sp³-hybridized carbons (Fsp3) is 0.360. The standard InChI is InChI=1S/C25H26F3N3O5/c1-13-19-18(35-2)11-17(32)20(23(29)33)22(19)36-21(13)24(34)30-16-7-9-31(10-8-16)12-14-3-5-15(6-4-14)25(26,27)28/h3-6,11,16,32H,7-10,12H2,1-2H3,(H2,29,33)(H,30,34). The highest BCUT2D eigenvalue weighted by molar-refractivity contribution is 6.11. The first kappa shape index (κ1) is 25.4. The third-order valence-electron chi connectivity index (χ3n) is 6.43. The van der Waals surface area contributed by atoms with Gasteiger partial charge in [0.1, 0.15) is 17.1 Å². The summed E-state index contributed by atoms with van der Waals surface area (Å²) in [6.45, 7) is 3.47. The molecule has 0 radical (unpaired) electrons. The lowest BCUT2D eigenvalue weighted by atomic mass is 10.0. The Morgan fingerprint density at radius 1 is 1.22 bits per heavy atom. The Morgan fingerprint density at radius 3 is 2.42 bits per heavy atom. The van der Waals surface area contributed by atoms with E-state index in [1.54, 1.807) is 6.92 Å². The van der Waals surface area contributed by atoms with Gasteiger partial charge in [-0.1, -0.05) is 12.1 Å². The summed E-state index contributed by atoms with van der Waals surface area (Å²) in [5, 5.41) is 13.5. The van der Waals surface area contributed by atoms with E-state index in [2.05, 4.69) is 10.2 Å². The van der Waals surface area contributed by atoms with E-state index in [0.717, 1.165) is 17.7 Å². The van der Waals surface area contributed by atoms with Crippen molar-refractivity contribution >= 4 is 22.8 Å². The van der Waals surface area contributed by atoms with E-state index in [-0.39, 0.29) is 28.7 Å². The Kier molecular flexibility index (Phi) is 6.85. The van der Waals surface area contributed by atoms with Gasteiger partial charge in [-0.25, -0.2) is 0 Å². The number of primary amides is 1. The second kappa shape index (κ2) is 9.73. The number of methoxy groups -OCH3 is 1. The van der Waals surface area contributed by atoms with Crippen molar-refractivity contribution in [2.75, 3.05) is 20.2 Å². The van der Waals surface area contributed by atoms with E-state index in [9.17, 15) is 27.9 Å². The molecule has 11 heteroatoms. The van der Waals surface area contributed by atoms with Crippen molar-refractivity contribution in [3.63, 3.8) is 0 Å². The number of benzene rings is 2.